The molecule has 0 saturated heterocycles. The van der Waals surface area contributed by atoms with Crippen molar-refractivity contribution in [3.8, 4) is 11.8 Å². The lowest BCUT2D eigenvalue weighted by Gasteiger charge is -2.09. The number of hydrogen-bond acceptors (Lipinski definition) is 4. The second-order valence-electron chi connectivity index (χ2n) is 7.29. The van der Waals surface area contributed by atoms with Crippen molar-refractivity contribution in [2.75, 3.05) is 0 Å². The zero-order valence-corrected chi connectivity index (χ0v) is 17.6. The zero-order valence-electron chi connectivity index (χ0n) is 17.6. The monoisotopic (exact) mass is 422 g/mol. The van der Waals surface area contributed by atoms with Gasteiger partial charge in [0.25, 0.3) is 5.91 Å². The maximum absolute atomic E-state index is 13.1. The van der Waals surface area contributed by atoms with E-state index in [9.17, 15) is 4.79 Å². The number of ether oxygens (including phenoxy) is 1. The standard InChI is InChI=1S/C26H22N4O2/c1-18(16-27)32-21-13-11-19(12-14-21)15-22(25-29-23-9-5-6-10-24(23)30-25)26(31)28-17-20-7-3-2-4-8-20/h2-15,18H,17H2,1H3,(H,28,31)(H,29,30)/b22-15+. The van der Waals surface area contributed by atoms with E-state index >= 15 is 0 Å². The first kappa shape index (κ1) is 20.9. The third-order valence-corrected chi connectivity index (χ3v) is 4.87. The van der Waals surface area contributed by atoms with E-state index in [4.69, 9.17) is 10.00 Å². The first-order valence-electron chi connectivity index (χ1n) is 10.3. The summed E-state index contributed by atoms with van der Waals surface area (Å²) in [7, 11) is 0. The van der Waals surface area contributed by atoms with E-state index < -0.39 is 6.10 Å². The van der Waals surface area contributed by atoms with Crippen molar-refractivity contribution in [2.45, 2.75) is 19.6 Å². The molecular formula is C26H22N4O2. The zero-order chi connectivity index (χ0) is 22.3. The summed E-state index contributed by atoms with van der Waals surface area (Å²) < 4.78 is 5.50. The van der Waals surface area contributed by atoms with E-state index in [2.05, 4.69) is 15.3 Å². The molecule has 0 fully saturated rings. The molecule has 158 valence electrons. The fourth-order valence-electron chi connectivity index (χ4n) is 3.23. The molecule has 0 bridgehead atoms. The summed E-state index contributed by atoms with van der Waals surface area (Å²) in [5.74, 6) is 0.858. The number of fused-ring (bicyclic) bond motifs is 1. The van der Waals surface area contributed by atoms with Crippen molar-refractivity contribution >= 4 is 28.6 Å². The predicted molar refractivity (Wildman–Crippen MR) is 124 cm³/mol. The van der Waals surface area contributed by atoms with Crippen LogP contribution in [0.15, 0.2) is 78.9 Å². The molecule has 0 aliphatic heterocycles. The SMILES string of the molecule is CC(C#N)Oc1ccc(/C=C(/C(=O)NCc2ccccc2)c2nc3ccccc3[nH]2)cc1. The number of imidazole rings is 1. The van der Waals surface area contributed by atoms with Crippen molar-refractivity contribution in [1.29, 1.82) is 5.26 Å². The number of hydrogen-bond donors (Lipinski definition) is 2. The Balaban J connectivity index is 1.63. The number of benzene rings is 3. The number of nitrogens with one attached hydrogen (secondary N) is 2. The number of aromatic amines is 1. The van der Waals surface area contributed by atoms with E-state index in [0.29, 0.717) is 23.7 Å². The summed E-state index contributed by atoms with van der Waals surface area (Å²) in [5.41, 5.74) is 3.90. The average molecular weight is 422 g/mol. The van der Waals surface area contributed by atoms with Crippen LogP contribution in [0.25, 0.3) is 22.7 Å². The molecule has 32 heavy (non-hydrogen) atoms. The van der Waals surface area contributed by atoms with Gasteiger partial charge < -0.3 is 15.0 Å². The van der Waals surface area contributed by atoms with Gasteiger partial charge in [-0.25, -0.2) is 4.98 Å². The number of rotatable bonds is 7. The molecular weight excluding hydrogens is 400 g/mol. The molecule has 0 aliphatic rings. The highest BCUT2D eigenvalue weighted by Crippen LogP contribution is 2.22. The van der Waals surface area contributed by atoms with E-state index in [1.165, 1.54) is 0 Å². The van der Waals surface area contributed by atoms with Gasteiger partial charge in [0, 0.05) is 6.54 Å². The molecule has 4 aromatic rings. The molecule has 1 unspecified atom stereocenters. The second kappa shape index (κ2) is 9.63. The summed E-state index contributed by atoms with van der Waals surface area (Å²) in [6.07, 6.45) is 1.25. The van der Waals surface area contributed by atoms with Gasteiger partial charge in [-0.05, 0) is 48.4 Å². The number of nitriles is 1. The Morgan fingerprint density at radius 3 is 2.53 bits per heavy atom. The molecule has 1 amide bonds. The molecule has 4 rings (SSSR count). The number of H-pyrrole nitrogens is 1. The molecule has 0 aliphatic carbocycles. The lowest BCUT2D eigenvalue weighted by atomic mass is 10.1. The van der Waals surface area contributed by atoms with Gasteiger partial charge in [-0.2, -0.15) is 5.26 Å². The minimum Gasteiger partial charge on any atom is -0.476 e. The van der Waals surface area contributed by atoms with E-state index in [0.717, 1.165) is 22.2 Å². The Kier molecular flexibility index (Phi) is 6.28. The summed E-state index contributed by atoms with van der Waals surface area (Å²) in [6.45, 7) is 2.10. The van der Waals surface area contributed by atoms with Crippen molar-refractivity contribution in [3.63, 3.8) is 0 Å². The second-order valence-corrected chi connectivity index (χ2v) is 7.29. The smallest absolute Gasteiger partial charge is 0.255 e. The summed E-state index contributed by atoms with van der Waals surface area (Å²) in [4.78, 5) is 21.0. The molecule has 1 aromatic heterocycles. The Morgan fingerprint density at radius 1 is 1.09 bits per heavy atom. The van der Waals surface area contributed by atoms with Crippen LogP contribution in [-0.4, -0.2) is 22.0 Å². The summed E-state index contributed by atoms with van der Waals surface area (Å²) >= 11 is 0. The fraction of sp³-hybridized carbons (Fsp3) is 0.115. The van der Waals surface area contributed by atoms with Gasteiger partial charge in [0.1, 0.15) is 17.6 Å². The number of aromatic nitrogens is 2. The van der Waals surface area contributed by atoms with Crippen LogP contribution >= 0.6 is 0 Å². The van der Waals surface area contributed by atoms with Crippen LogP contribution < -0.4 is 10.1 Å². The van der Waals surface area contributed by atoms with Gasteiger partial charge >= 0.3 is 0 Å². The molecule has 0 spiro atoms. The largest absolute Gasteiger partial charge is 0.476 e. The van der Waals surface area contributed by atoms with Gasteiger partial charge in [0.2, 0.25) is 0 Å². The topological polar surface area (TPSA) is 90.8 Å². The van der Waals surface area contributed by atoms with E-state index in [1.54, 1.807) is 25.1 Å². The summed E-state index contributed by atoms with van der Waals surface area (Å²) in [6, 6.07) is 26.7. The molecule has 6 nitrogen and oxygen atoms in total. The molecule has 0 radical (unpaired) electrons. The highest BCUT2D eigenvalue weighted by Gasteiger charge is 2.16. The molecule has 1 heterocycles. The van der Waals surface area contributed by atoms with Gasteiger partial charge in [-0.1, -0.05) is 54.6 Å². The number of nitrogens with zero attached hydrogens (tertiary/aromatic N) is 2. The first-order valence-corrected chi connectivity index (χ1v) is 10.3. The normalized spacial score (nSPS) is 12.2. The van der Waals surface area contributed by atoms with E-state index in [1.807, 2.05) is 72.8 Å². The van der Waals surface area contributed by atoms with Crippen LogP contribution in [-0.2, 0) is 11.3 Å². The van der Waals surface area contributed by atoms with Crippen LogP contribution in [0, 0.1) is 11.3 Å². The maximum Gasteiger partial charge on any atom is 0.255 e. The van der Waals surface area contributed by atoms with E-state index in [-0.39, 0.29) is 5.91 Å². The molecule has 2 N–H and O–H groups in total. The van der Waals surface area contributed by atoms with Gasteiger partial charge in [0.15, 0.2) is 6.10 Å². The van der Waals surface area contributed by atoms with Gasteiger partial charge in [-0.15, -0.1) is 0 Å². The van der Waals surface area contributed by atoms with Crippen LogP contribution in [0.3, 0.4) is 0 Å². The van der Waals surface area contributed by atoms with Crippen molar-refractivity contribution in [2.24, 2.45) is 0 Å². The van der Waals surface area contributed by atoms with Crippen LogP contribution in [0.2, 0.25) is 0 Å². The third kappa shape index (κ3) is 5.02. The van der Waals surface area contributed by atoms with Gasteiger partial charge in [-0.3, -0.25) is 4.79 Å². The molecule has 0 saturated carbocycles. The Bertz CT molecular complexity index is 1250. The minimum absolute atomic E-state index is 0.230. The number of para-hydroxylation sites is 2. The Labute approximate surface area is 186 Å². The van der Waals surface area contributed by atoms with Crippen molar-refractivity contribution in [1.82, 2.24) is 15.3 Å². The molecule has 3 aromatic carbocycles. The number of carbonyl (C=O) groups excluding carboxylic acids is 1. The predicted octanol–water partition coefficient (Wildman–Crippen LogP) is 4.71. The first-order chi connectivity index (χ1) is 15.6. The molecule has 6 heteroatoms. The van der Waals surface area contributed by atoms with Crippen LogP contribution in [0.1, 0.15) is 23.9 Å². The minimum atomic E-state index is -0.536. The van der Waals surface area contributed by atoms with Crippen LogP contribution in [0.4, 0.5) is 0 Å². The fourth-order valence-corrected chi connectivity index (χ4v) is 3.23. The highest BCUT2D eigenvalue weighted by atomic mass is 16.5. The number of carbonyl (C=O) groups is 1. The Hall–Kier alpha value is -4.37. The lowest BCUT2D eigenvalue weighted by molar-refractivity contribution is -0.115. The van der Waals surface area contributed by atoms with Crippen LogP contribution in [0.5, 0.6) is 5.75 Å². The number of amides is 1. The molecule has 1 atom stereocenters. The average Bonchev–Trinajstić information content (AvgIpc) is 3.26. The quantitative estimate of drug-likeness (QED) is 0.422. The maximum atomic E-state index is 13.1. The van der Waals surface area contributed by atoms with Crippen molar-refractivity contribution in [3.05, 3.63) is 95.8 Å². The van der Waals surface area contributed by atoms with Gasteiger partial charge in [0.05, 0.1) is 16.6 Å². The highest BCUT2D eigenvalue weighted by molar-refractivity contribution is 6.23. The lowest BCUT2D eigenvalue weighted by Crippen LogP contribution is -2.24. The third-order valence-electron chi connectivity index (χ3n) is 4.87. The summed E-state index contributed by atoms with van der Waals surface area (Å²) in [5, 5.41) is 11.9. The Morgan fingerprint density at radius 2 is 1.81 bits per heavy atom. The van der Waals surface area contributed by atoms with Crippen molar-refractivity contribution < 1.29 is 9.53 Å².